The van der Waals surface area contributed by atoms with Gasteiger partial charge < -0.3 is 20.7 Å². The lowest BCUT2D eigenvalue weighted by atomic mass is 10.1. The van der Waals surface area contributed by atoms with E-state index < -0.39 is 9.84 Å². The summed E-state index contributed by atoms with van der Waals surface area (Å²) in [5.41, 5.74) is 0.542. The van der Waals surface area contributed by atoms with E-state index in [0.29, 0.717) is 25.4 Å². The quantitative estimate of drug-likeness (QED) is 0.746. The molecule has 0 radical (unpaired) electrons. The number of anilines is 1. The highest BCUT2D eigenvalue weighted by atomic mass is 32.2. The number of nitrogens with one attached hydrogen (secondary N) is 3. The summed E-state index contributed by atoms with van der Waals surface area (Å²) in [4.78, 5) is 12.0. The van der Waals surface area contributed by atoms with Gasteiger partial charge in [-0.25, -0.2) is 13.2 Å². The molecule has 1 fully saturated rings. The molecule has 1 aliphatic heterocycles. The maximum absolute atomic E-state index is 11.8. The van der Waals surface area contributed by atoms with Gasteiger partial charge in [-0.15, -0.1) is 0 Å². The third kappa shape index (κ3) is 5.28. The minimum Gasteiger partial charge on any atom is -0.380 e. The van der Waals surface area contributed by atoms with Crippen LogP contribution in [0.2, 0.25) is 0 Å². The van der Waals surface area contributed by atoms with Gasteiger partial charge in [-0.3, -0.25) is 0 Å². The normalized spacial score (nSPS) is 19.2. The van der Waals surface area contributed by atoms with E-state index in [1.54, 1.807) is 12.1 Å². The van der Waals surface area contributed by atoms with Gasteiger partial charge in [-0.2, -0.15) is 0 Å². The van der Waals surface area contributed by atoms with Crippen LogP contribution in [0.15, 0.2) is 29.2 Å². The van der Waals surface area contributed by atoms with E-state index in [2.05, 4.69) is 16.0 Å². The van der Waals surface area contributed by atoms with E-state index in [-0.39, 0.29) is 16.8 Å². The topological polar surface area (TPSA) is 96.5 Å². The number of carbonyl (C=O) groups excluding carboxylic acids is 1. The van der Waals surface area contributed by atoms with E-state index in [1.807, 2.05) is 0 Å². The maximum atomic E-state index is 11.8. The first-order chi connectivity index (χ1) is 10.4. The number of urea groups is 1. The van der Waals surface area contributed by atoms with Gasteiger partial charge in [0.05, 0.1) is 18.1 Å². The van der Waals surface area contributed by atoms with Crippen LogP contribution in [-0.4, -0.2) is 53.6 Å². The Morgan fingerprint density at radius 3 is 2.77 bits per heavy atom. The van der Waals surface area contributed by atoms with E-state index in [1.165, 1.54) is 12.1 Å². The number of amides is 2. The molecule has 2 rings (SSSR count). The molecule has 0 bridgehead atoms. The van der Waals surface area contributed by atoms with E-state index in [0.717, 1.165) is 19.3 Å². The van der Waals surface area contributed by atoms with Crippen molar-refractivity contribution in [3.8, 4) is 0 Å². The standard InChI is InChI=1S/C14H21N3O4S/c1-22(19,20)13-4-2-12(3-5-13)17-14(18)16-9-11-8-15-6-7-21-10-11/h2-5,11,15H,6-10H2,1H3,(H2,16,17,18). The molecule has 1 aromatic rings. The van der Waals surface area contributed by atoms with Crippen LogP contribution in [-0.2, 0) is 14.6 Å². The van der Waals surface area contributed by atoms with E-state index in [4.69, 9.17) is 4.74 Å². The molecule has 1 atom stereocenters. The Balaban J connectivity index is 1.81. The summed E-state index contributed by atoms with van der Waals surface area (Å²) in [6.45, 7) is 3.46. The predicted molar refractivity (Wildman–Crippen MR) is 83.8 cm³/mol. The predicted octanol–water partition coefficient (Wildman–Crippen LogP) is 0.448. The van der Waals surface area contributed by atoms with Crippen LogP contribution in [0.3, 0.4) is 0 Å². The molecule has 1 saturated heterocycles. The smallest absolute Gasteiger partial charge is 0.319 e. The summed E-state index contributed by atoms with van der Waals surface area (Å²) in [5.74, 6) is 0.237. The Morgan fingerprint density at radius 2 is 2.09 bits per heavy atom. The number of benzene rings is 1. The molecule has 0 spiro atoms. The van der Waals surface area contributed by atoms with Crippen LogP contribution in [0.4, 0.5) is 10.5 Å². The van der Waals surface area contributed by atoms with Crippen molar-refractivity contribution in [1.82, 2.24) is 10.6 Å². The molecule has 0 aromatic heterocycles. The number of ether oxygens (including phenoxy) is 1. The summed E-state index contributed by atoms with van der Waals surface area (Å²) in [5, 5.41) is 8.69. The van der Waals surface area contributed by atoms with Crippen molar-refractivity contribution < 1.29 is 17.9 Å². The second-order valence-corrected chi connectivity index (χ2v) is 7.29. The minimum absolute atomic E-state index is 0.222. The van der Waals surface area contributed by atoms with Crippen molar-refractivity contribution in [2.75, 3.05) is 44.4 Å². The van der Waals surface area contributed by atoms with Gasteiger partial charge in [0.2, 0.25) is 0 Å². The van der Waals surface area contributed by atoms with Crippen LogP contribution in [0.5, 0.6) is 0 Å². The largest absolute Gasteiger partial charge is 0.380 e. The molecule has 8 heteroatoms. The van der Waals surface area contributed by atoms with Gasteiger partial charge in [0.1, 0.15) is 0 Å². The van der Waals surface area contributed by atoms with Crippen LogP contribution >= 0.6 is 0 Å². The average molecular weight is 327 g/mol. The van der Waals surface area contributed by atoms with Gasteiger partial charge in [-0.05, 0) is 24.3 Å². The van der Waals surface area contributed by atoms with Gasteiger partial charge in [0.25, 0.3) is 0 Å². The van der Waals surface area contributed by atoms with Crippen LogP contribution < -0.4 is 16.0 Å². The molecule has 22 heavy (non-hydrogen) atoms. The summed E-state index contributed by atoms with van der Waals surface area (Å²) in [6, 6.07) is 5.73. The number of rotatable bonds is 4. The Bertz CT molecular complexity index is 593. The second-order valence-electron chi connectivity index (χ2n) is 5.28. The summed E-state index contributed by atoms with van der Waals surface area (Å²) >= 11 is 0. The van der Waals surface area contributed by atoms with Crippen molar-refractivity contribution in [2.45, 2.75) is 4.90 Å². The monoisotopic (exact) mass is 327 g/mol. The lowest BCUT2D eigenvalue weighted by Gasteiger charge is -2.15. The van der Waals surface area contributed by atoms with Gasteiger partial charge in [-0.1, -0.05) is 0 Å². The Morgan fingerprint density at radius 1 is 1.36 bits per heavy atom. The molecule has 7 nitrogen and oxygen atoms in total. The maximum Gasteiger partial charge on any atom is 0.319 e. The first-order valence-electron chi connectivity index (χ1n) is 7.08. The van der Waals surface area contributed by atoms with Crippen molar-refractivity contribution in [2.24, 2.45) is 5.92 Å². The van der Waals surface area contributed by atoms with Crippen LogP contribution in [0, 0.1) is 5.92 Å². The number of carbonyl (C=O) groups is 1. The molecule has 1 heterocycles. The van der Waals surface area contributed by atoms with Crippen molar-refractivity contribution in [3.63, 3.8) is 0 Å². The molecule has 0 saturated carbocycles. The average Bonchev–Trinajstić information content (AvgIpc) is 2.73. The molecule has 3 N–H and O–H groups in total. The summed E-state index contributed by atoms with van der Waals surface area (Å²) in [7, 11) is -3.23. The number of hydrogen-bond donors (Lipinski definition) is 3. The van der Waals surface area contributed by atoms with Crippen molar-refractivity contribution in [1.29, 1.82) is 0 Å². The molecule has 1 aliphatic rings. The van der Waals surface area contributed by atoms with Crippen LogP contribution in [0.25, 0.3) is 0 Å². The fraction of sp³-hybridized carbons (Fsp3) is 0.500. The molecule has 1 aromatic carbocycles. The highest BCUT2D eigenvalue weighted by Crippen LogP contribution is 2.13. The molecule has 1 unspecified atom stereocenters. The molecular formula is C14H21N3O4S. The first kappa shape index (κ1) is 16.7. The van der Waals surface area contributed by atoms with Gasteiger partial charge >= 0.3 is 6.03 Å². The van der Waals surface area contributed by atoms with Crippen LogP contribution in [0.1, 0.15) is 0 Å². The zero-order valence-electron chi connectivity index (χ0n) is 12.5. The fourth-order valence-corrected chi connectivity index (χ4v) is 2.72. The van der Waals surface area contributed by atoms with Crippen molar-refractivity contribution in [3.05, 3.63) is 24.3 Å². The highest BCUT2D eigenvalue weighted by Gasteiger charge is 2.13. The zero-order valence-corrected chi connectivity index (χ0v) is 13.3. The number of sulfone groups is 1. The zero-order chi connectivity index (χ0) is 16.0. The minimum atomic E-state index is -3.23. The van der Waals surface area contributed by atoms with Gasteiger partial charge in [0.15, 0.2) is 9.84 Å². The summed E-state index contributed by atoms with van der Waals surface area (Å²) in [6.07, 6.45) is 1.14. The van der Waals surface area contributed by atoms with E-state index >= 15 is 0 Å². The van der Waals surface area contributed by atoms with E-state index in [9.17, 15) is 13.2 Å². The summed E-state index contributed by atoms with van der Waals surface area (Å²) < 4.78 is 28.1. The number of hydrogen-bond acceptors (Lipinski definition) is 5. The van der Waals surface area contributed by atoms with Crippen molar-refractivity contribution >= 4 is 21.6 Å². The Labute approximate surface area is 130 Å². The second kappa shape index (κ2) is 7.57. The molecule has 0 aliphatic carbocycles. The third-order valence-electron chi connectivity index (χ3n) is 3.30. The lowest BCUT2D eigenvalue weighted by molar-refractivity contribution is 0.123. The fourth-order valence-electron chi connectivity index (χ4n) is 2.09. The molecule has 122 valence electrons. The Hall–Kier alpha value is -1.64. The van der Waals surface area contributed by atoms with Gasteiger partial charge in [0, 0.05) is 37.5 Å². The SMILES string of the molecule is CS(=O)(=O)c1ccc(NC(=O)NCC2CNCCOC2)cc1. The highest BCUT2D eigenvalue weighted by molar-refractivity contribution is 7.90. The lowest BCUT2D eigenvalue weighted by Crippen LogP contribution is -2.37. The molecular weight excluding hydrogens is 306 g/mol. The first-order valence-corrected chi connectivity index (χ1v) is 8.98. The Kier molecular flexibility index (Phi) is 5.76. The third-order valence-corrected chi connectivity index (χ3v) is 4.43. The molecule has 2 amide bonds.